The highest BCUT2D eigenvalue weighted by Crippen LogP contribution is 2.10. The van der Waals surface area contributed by atoms with Crippen molar-refractivity contribution < 1.29 is 0 Å². The molecule has 1 aromatic heterocycles. The predicted octanol–water partition coefficient (Wildman–Crippen LogP) is 1.81. The molecule has 0 atom stereocenters. The van der Waals surface area contributed by atoms with Crippen LogP contribution in [0.25, 0.3) is 0 Å². The topological polar surface area (TPSA) is 19.0 Å². The van der Waals surface area contributed by atoms with Gasteiger partial charge in [-0.25, -0.2) is 0 Å². The molecule has 0 spiro atoms. The van der Waals surface area contributed by atoms with Crippen molar-refractivity contribution in [1.82, 2.24) is 9.88 Å². The number of H-pyrrole nitrogens is 1. The van der Waals surface area contributed by atoms with Gasteiger partial charge in [-0.1, -0.05) is 0 Å². The molecule has 0 saturated carbocycles. The highest BCUT2D eigenvalue weighted by molar-refractivity contribution is 5.03. The van der Waals surface area contributed by atoms with E-state index in [4.69, 9.17) is 0 Å². The lowest BCUT2D eigenvalue weighted by Gasteiger charge is -2.25. The van der Waals surface area contributed by atoms with Crippen molar-refractivity contribution in [2.24, 2.45) is 0 Å². The van der Waals surface area contributed by atoms with Gasteiger partial charge in [-0.3, -0.25) is 4.90 Å². The fourth-order valence-corrected chi connectivity index (χ4v) is 1.67. The Morgan fingerprint density at radius 3 is 2.83 bits per heavy atom. The van der Waals surface area contributed by atoms with E-state index in [1.165, 1.54) is 31.6 Å². The quantitative estimate of drug-likeness (QED) is 0.704. The fourth-order valence-electron chi connectivity index (χ4n) is 1.67. The zero-order chi connectivity index (χ0) is 8.23. The molecule has 0 aromatic carbocycles. The SMILES string of the molecule is [CH]1CCN(Cc2ccc[nH]2)CC1. The van der Waals surface area contributed by atoms with Gasteiger partial charge < -0.3 is 4.98 Å². The third-order valence-corrected chi connectivity index (χ3v) is 2.36. The second-order valence-corrected chi connectivity index (χ2v) is 3.34. The van der Waals surface area contributed by atoms with Crippen LogP contribution in [0.1, 0.15) is 18.5 Å². The van der Waals surface area contributed by atoms with E-state index in [1.54, 1.807) is 0 Å². The molecule has 65 valence electrons. The standard InChI is InChI=1S/C10H15N2/c1-2-7-12(8-3-1)9-10-5-4-6-11-10/h1,4-6,11H,2-3,7-9H2. The molecule has 0 unspecified atom stereocenters. The number of piperidine rings is 1. The first kappa shape index (κ1) is 7.87. The molecule has 2 rings (SSSR count). The van der Waals surface area contributed by atoms with Gasteiger partial charge in [0, 0.05) is 18.4 Å². The van der Waals surface area contributed by atoms with Gasteiger partial charge in [-0.2, -0.15) is 0 Å². The molecule has 0 bridgehead atoms. The zero-order valence-electron chi connectivity index (χ0n) is 7.29. The van der Waals surface area contributed by atoms with Crippen molar-refractivity contribution in [2.75, 3.05) is 13.1 Å². The molecular weight excluding hydrogens is 148 g/mol. The molecule has 0 aliphatic carbocycles. The van der Waals surface area contributed by atoms with Crippen LogP contribution in [0.4, 0.5) is 0 Å². The Labute approximate surface area is 73.6 Å². The Bertz CT molecular complexity index is 210. The van der Waals surface area contributed by atoms with Crippen LogP contribution in [0.2, 0.25) is 0 Å². The molecule has 2 heterocycles. The van der Waals surface area contributed by atoms with Crippen LogP contribution in [0.15, 0.2) is 18.3 Å². The van der Waals surface area contributed by atoms with Gasteiger partial charge in [0.2, 0.25) is 0 Å². The van der Waals surface area contributed by atoms with Crippen LogP contribution in [0.3, 0.4) is 0 Å². The molecule has 1 saturated heterocycles. The average molecular weight is 163 g/mol. The molecule has 1 radical (unpaired) electrons. The summed E-state index contributed by atoms with van der Waals surface area (Å²) in [5, 5.41) is 0. The number of nitrogens with zero attached hydrogens (tertiary/aromatic N) is 1. The third-order valence-electron chi connectivity index (χ3n) is 2.36. The highest BCUT2D eigenvalue weighted by Gasteiger charge is 2.10. The summed E-state index contributed by atoms with van der Waals surface area (Å²) >= 11 is 0. The van der Waals surface area contributed by atoms with Crippen molar-refractivity contribution >= 4 is 0 Å². The second-order valence-electron chi connectivity index (χ2n) is 3.34. The minimum Gasteiger partial charge on any atom is -0.364 e. The van der Waals surface area contributed by atoms with E-state index in [9.17, 15) is 0 Å². The summed E-state index contributed by atoms with van der Waals surface area (Å²) in [7, 11) is 0. The maximum Gasteiger partial charge on any atom is 0.0385 e. The van der Waals surface area contributed by atoms with Crippen LogP contribution in [0, 0.1) is 6.42 Å². The van der Waals surface area contributed by atoms with Gasteiger partial charge in [0.05, 0.1) is 0 Å². The summed E-state index contributed by atoms with van der Waals surface area (Å²) in [6.45, 7) is 3.53. The van der Waals surface area contributed by atoms with Crippen LogP contribution in [0.5, 0.6) is 0 Å². The van der Waals surface area contributed by atoms with E-state index in [-0.39, 0.29) is 0 Å². The van der Waals surface area contributed by atoms with Gasteiger partial charge in [0.15, 0.2) is 0 Å². The summed E-state index contributed by atoms with van der Waals surface area (Å²) < 4.78 is 0. The lowest BCUT2D eigenvalue weighted by molar-refractivity contribution is 0.243. The minimum atomic E-state index is 1.08. The van der Waals surface area contributed by atoms with Crippen molar-refractivity contribution in [3.8, 4) is 0 Å². The molecular formula is C10H15N2. The van der Waals surface area contributed by atoms with E-state index in [0.717, 1.165) is 6.54 Å². The highest BCUT2D eigenvalue weighted by atomic mass is 15.1. The summed E-state index contributed by atoms with van der Waals surface area (Å²) in [6, 6.07) is 4.21. The molecule has 12 heavy (non-hydrogen) atoms. The maximum absolute atomic E-state index is 3.23. The molecule has 2 nitrogen and oxygen atoms in total. The Kier molecular flexibility index (Phi) is 2.47. The number of likely N-dealkylation sites (tertiary alicyclic amines) is 1. The normalized spacial score (nSPS) is 19.7. The summed E-state index contributed by atoms with van der Waals surface area (Å²) in [4.78, 5) is 5.72. The second kappa shape index (κ2) is 3.76. The van der Waals surface area contributed by atoms with Gasteiger partial charge in [-0.05, 0) is 44.5 Å². The van der Waals surface area contributed by atoms with Crippen LogP contribution in [-0.4, -0.2) is 23.0 Å². The van der Waals surface area contributed by atoms with Crippen LogP contribution < -0.4 is 0 Å². The number of hydrogen-bond acceptors (Lipinski definition) is 1. The third kappa shape index (κ3) is 1.89. The first-order valence-electron chi connectivity index (χ1n) is 4.61. The largest absolute Gasteiger partial charge is 0.364 e. The van der Waals surface area contributed by atoms with Gasteiger partial charge in [-0.15, -0.1) is 0 Å². The summed E-state index contributed by atoms with van der Waals surface area (Å²) in [5.41, 5.74) is 1.33. The number of nitrogens with one attached hydrogen (secondary N) is 1. The van der Waals surface area contributed by atoms with Gasteiger partial charge >= 0.3 is 0 Å². The monoisotopic (exact) mass is 163 g/mol. The van der Waals surface area contributed by atoms with E-state index < -0.39 is 0 Å². The Balaban J connectivity index is 1.86. The number of rotatable bonds is 2. The molecule has 1 aliphatic rings. The zero-order valence-corrected chi connectivity index (χ0v) is 7.29. The van der Waals surface area contributed by atoms with Crippen molar-refractivity contribution in [1.29, 1.82) is 0 Å². The molecule has 2 heteroatoms. The molecule has 1 aromatic rings. The summed E-state index contributed by atoms with van der Waals surface area (Å²) in [6.07, 6.45) is 6.87. The van der Waals surface area contributed by atoms with Crippen LogP contribution in [-0.2, 0) is 6.54 Å². The van der Waals surface area contributed by atoms with E-state index in [0.29, 0.717) is 0 Å². The maximum atomic E-state index is 3.23. The Morgan fingerprint density at radius 2 is 2.17 bits per heavy atom. The van der Waals surface area contributed by atoms with E-state index in [1.807, 2.05) is 6.20 Å². The molecule has 1 aliphatic heterocycles. The lowest BCUT2D eigenvalue weighted by atomic mass is 10.1. The first-order chi connectivity index (χ1) is 5.95. The Morgan fingerprint density at radius 1 is 1.33 bits per heavy atom. The number of aromatic nitrogens is 1. The van der Waals surface area contributed by atoms with Crippen LogP contribution >= 0.6 is 0 Å². The average Bonchev–Trinajstić information content (AvgIpc) is 2.59. The fraction of sp³-hybridized carbons (Fsp3) is 0.500. The van der Waals surface area contributed by atoms with Crippen molar-refractivity contribution in [3.63, 3.8) is 0 Å². The minimum absolute atomic E-state index is 1.08. The molecule has 0 amide bonds. The van der Waals surface area contributed by atoms with Gasteiger partial charge in [0.25, 0.3) is 0 Å². The molecule has 1 fully saturated rings. The van der Waals surface area contributed by atoms with Crippen molar-refractivity contribution in [3.05, 3.63) is 30.4 Å². The van der Waals surface area contributed by atoms with Crippen molar-refractivity contribution in [2.45, 2.75) is 19.4 Å². The van der Waals surface area contributed by atoms with E-state index in [2.05, 4.69) is 28.4 Å². The van der Waals surface area contributed by atoms with Gasteiger partial charge in [0.1, 0.15) is 0 Å². The summed E-state index contributed by atoms with van der Waals surface area (Å²) in [5.74, 6) is 0. The number of aromatic amines is 1. The first-order valence-corrected chi connectivity index (χ1v) is 4.61. The predicted molar refractivity (Wildman–Crippen MR) is 49.6 cm³/mol. The number of hydrogen-bond donors (Lipinski definition) is 1. The smallest absolute Gasteiger partial charge is 0.0385 e. The lowest BCUT2D eigenvalue weighted by Crippen LogP contribution is -2.29. The Hall–Kier alpha value is -0.760. The molecule has 1 N–H and O–H groups in total. The van der Waals surface area contributed by atoms with E-state index >= 15 is 0 Å².